The van der Waals surface area contributed by atoms with Gasteiger partial charge in [-0.25, -0.2) is 0 Å². The van der Waals surface area contributed by atoms with Gasteiger partial charge >= 0.3 is 0 Å². The molecule has 2 amide bonds. The quantitative estimate of drug-likeness (QED) is 0.652. The van der Waals surface area contributed by atoms with Crippen molar-refractivity contribution in [3.63, 3.8) is 0 Å². The summed E-state index contributed by atoms with van der Waals surface area (Å²) in [6.45, 7) is 0. The molecule has 0 bridgehead atoms. The van der Waals surface area contributed by atoms with Gasteiger partial charge < -0.3 is 0 Å². The normalized spacial score (nSPS) is 10.1. The largest absolute Gasteiger partial charge is 0.272 e. The first-order valence-corrected chi connectivity index (χ1v) is 8.02. The fourth-order valence-corrected chi connectivity index (χ4v) is 2.85. The van der Waals surface area contributed by atoms with Crippen molar-refractivity contribution in [2.45, 2.75) is 4.90 Å². The van der Waals surface area contributed by atoms with Gasteiger partial charge in [0.25, 0.3) is 5.91 Å². The number of halogens is 2. The minimum atomic E-state index is -0.375. The lowest BCUT2D eigenvalue weighted by Crippen LogP contribution is -2.42. The molecule has 0 atom stereocenters. The number of hydrazine groups is 1. The van der Waals surface area contributed by atoms with Crippen LogP contribution in [-0.4, -0.2) is 17.6 Å². The van der Waals surface area contributed by atoms with Gasteiger partial charge in [-0.1, -0.05) is 41.4 Å². The number of hydrogen-bond acceptors (Lipinski definition) is 3. The molecule has 0 aliphatic rings. The Bertz CT molecular complexity index is 680. The maximum absolute atomic E-state index is 11.8. The average molecular weight is 355 g/mol. The van der Waals surface area contributed by atoms with E-state index in [0.29, 0.717) is 20.5 Å². The van der Waals surface area contributed by atoms with Crippen LogP contribution in [0, 0.1) is 0 Å². The minimum Gasteiger partial charge on any atom is -0.272 e. The molecule has 0 fully saturated rings. The van der Waals surface area contributed by atoms with Gasteiger partial charge in [0.05, 0.1) is 10.8 Å². The molecule has 22 heavy (non-hydrogen) atoms. The van der Waals surface area contributed by atoms with Crippen LogP contribution in [0.1, 0.15) is 10.4 Å². The van der Waals surface area contributed by atoms with Crippen molar-refractivity contribution in [1.82, 2.24) is 10.9 Å². The number of thioether (sulfide) groups is 1. The summed E-state index contributed by atoms with van der Waals surface area (Å²) in [6.07, 6.45) is 0. The van der Waals surface area contributed by atoms with Gasteiger partial charge in [-0.3, -0.25) is 20.4 Å². The predicted octanol–water partition coefficient (Wildman–Crippen LogP) is 3.55. The number of nitrogens with one attached hydrogen (secondary N) is 2. The molecule has 2 N–H and O–H groups in total. The van der Waals surface area contributed by atoms with Crippen LogP contribution in [-0.2, 0) is 4.79 Å². The highest BCUT2D eigenvalue weighted by molar-refractivity contribution is 8.00. The molecule has 0 saturated heterocycles. The number of amides is 2. The summed E-state index contributed by atoms with van der Waals surface area (Å²) < 4.78 is 0. The Morgan fingerprint density at radius 2 is 1.73 bits per heavy atom. The van der Waals surface area contributed by atoms with Crippen molar-refractivity contribution >= 4 is 46.8 Å². The van der Waals surface area contributed by atoms with Crippen LogP contribution in [0.4, 0.5) is 0 Å². The first kappa shape index (κ1) is 16.7. The molecule has 2 aromatic carbocycles. The maximum atomic E-state index is 11.8. The molecule has 4 nitrogen and oxygen atoms in total. The monoisotopic (exact) mass is 354 g/mol. The Labute approximate surface area is 142 Å². The van der Waals surface area contributed by atoms with Crippen molar-refractivity contribution < 1.29 is 9.59 Å². The van der Waals surface area contributed by atoms with E-state index in [0.717, 1.165) is 0 Å². The molecule has 2 rings (SSSR count). The zero-order valence-corrected chi connectivity index (χ0v) is 13.6. The van der Waals surface area contributed by atoms with Gasteiger partial charge in [-0.15, -0.1) is 11.8 Å². The number of carbonyl (C=O) groups is 2. The highest BCUT2D eigenvalue weighted by Gasteiger charge is 2.09. The zero-order chi connectivity index (χ0) is 15.9. The molecule has 0 aliphatic heterocycles. The van der Waals surface area contributed by atoms with E-state index in [1.54, 1.807) is 48.5 Å². The van der Waals surface area contributed by atoms with Crippen LogP contribution >= 0.6 is 35.0 Å². The van der Waals surface area contributed by atoms with E-state index in [1.807, 2.05) is 0 Å². The second-order valence-corrected chi connectivity index (χ2v) is 6.09. The summed E-state index contributed by atoms with van der Waals surface area (Å²) >= 11 is 13.1. The number of benzene rings is 2. The van der Waals surface area contributed by atoms with Crippen LogP contribution < -0.4 is 10.9 Å². The third-order valence-corrected chi connectivity index (χ3v) is 4.34. The molecule has 2 aromatic rings. The van der Waals surface area contributed by atoms with E-state index in [4.69, 9.17) is 23.2 Å². The SMILES string of the molecule is O=C(CSc1cc(Cl)ccc1Cl)NNC(=O)c1ccccc1. The molecule has 114 valence electrons. The number of hydrogen-bond donors (Lipinski definition) is 2. The minimum absolute atomic E-state index is 0.106. The summed E-state index contributed by atoms with van der Waals surface area (Å²) in [5, 5.41) is 1.07. The summed E-state index contributed by atoms with van der Waals surface area (Å²) in [7, 11) is 0. The summed E-state index contributed by atoms with van der Waals surface area (Å²) in [5.74, 6) is -0.611. The molecule has 0 aliphatic carbocycles. The predicted molar refractivity (Wildman–Crippen MR) is 89.2 cm³/mol. The summed E-state index contributed by atoms with van der Waals surface area (Å²) in [4.78, 5) is 24.2. The first-order chi connectivity index (χ1) is 10.6. The number of rotatable bonds is 4. The topological polar surface area (TPSA) is 58.2 Å². The van der Waals surface area contributed by atoms with Gasteiger partial charge in [0.2, 0.25) is 5.91 Å². The van der Waals surface area contributed by atoms with Crippen molar-refractivity contribution in [2.24, 2.45) is 0 Å². The van der Waals surface area contributed by atoms with Crippen molar-refractivity contribution in [1.29, 1.82) is 0 Å². The second-order valence-electron chi connectivity index (χ2n) is 4.23. The fourth-order valence-electron chi connectivity index (χ4n) is 1.56. The van der Waals surface area contributed by atoms with E-state index >= 15 is 0 Å². The lowest BCUT2D eigenvalue weighted by Gasteiger charge is -2.08. The Morgan fingerprint density at radius 3 is 2.45 bits per heavy atom. The summed E-state index contributed by atoms with van der Waals surface area (Å²) in [5.41, 5.74) is 5.17. The van der Waals surface area contributed by atoms with E-state index in [9.17, 15) is 9.59 Å². The Balaban J connectivity index is 1.81. The molecule has 0 saturated carbocycles. The van der Waals surface area contributed by atoms with Gasteiger partial charge in [0.1, 0.15) is 0 Å². The third kappa shape index (κ3) is 4.94. The lowest BCUT2D eigenvalue weighted by atomic mass is 10.2. The molecular weight excluding hydrogens is 343 g/mol. The van der Waals surface area contributed by atoms with Gasteiger partial charge in [0, 0.05) is 15.5 Å². The Hall–Kier alpha value is -1.69. The van der Waals surface area contributed by atoms with Gasteiger partial charge in [-0.2, -0.15) is 0 Å². The van der Waals surface area contributed by atoms with E-state index < -0.39 is 0 Å². The molecule has 0 aromatic heterocycles. The van der Waals surface area contributed by atoms with Crippen LogP contribution in [0.25, 0.3) is 0 Å². The molecule has 0 spiro atoms. The van der Waals surface area contributed by atoms with E-state index in [1.165, 1.54) is 11.8 Å². The van der Waals surface area contributed by atoms with Crippen LogP contribution in [0.3, 0.4) is 0 Å². The molecule has 0 radical (unpaired) electrons. The second kappa shape index (κ2) is 8.08. The van der Waals surface area contributed by atoms with Crippen molar-refractivity contribution in [3.8, 4) is 0 Å². The zero-order valence-electron chi connectivity index (χ0n) is 11.3. The Morgan fingerprint density at radius 1 is 1.00 bits per heavy atom. The first-order valence-electron chi connectivity index (χ1n) is 6.28. The van der Waals surface area contributed by atoms with Crippen LogP contribution in [0.2, 0.25) is 10.0 Å². The lowest BCUT2D eigenvalue weighted by molar-refractivity contribution is -0.119. The van der Waals surface area contributed by atoms with Gasteiger partial charge in [0.15, 0.2) is 0 Å². The van der Waals surface area contributed by atoms with Gasteiger partial charge in [-0.05, 0) is 30.3 Å². The van der Waals surface area contributed by atoms with E-state index in [2.05, 4.69) is 10.9 Å². The Kier molecular flexibility index (Phi) is 6.12. The molecule has 0 heterocycles. The van der Waals surface area contributed by atoms with Crippen molar-refractivity contribution in [2.75, 3.05) is 5.75 Å². The van der Waals surface area contributed by atoms with Crippen molar-refractivity contribution in [3.05, 3.63) is 64.1 Å². The molecule has 7 heteroatoms. The number of carbonyl (C=O) groups excluding carboxylic acids is 2. The molecular formula is C15H12Cl2N2O2S. The van der Waals surface area contributed by atoms with E-state index in [-0.39, 0.29) is 17.6 Å². The smallest absolute Gasteiger partial charge is 0.269 e. The third-order valence-electron chi connectivity index (χ3n) is 2.60. The highest BCUT2D eigenvalue weighted by atomic mass is 35.5. The maximum Gasteiger partial charge on any atom is 0.269 e. The average Bonchev–Trinajstić information content (AvgIpc) is 2.54. The van der Waals surface area contributed by atoms with Crippen LogP contribution in [0.5, 0.6) is 0 Å². The summed E-state index contributed by atoms with van der Waals surface area (Å²) in [6, 6.07) is 13.6. The molecule has 0 unspecified atom stereocenters. The highest BCUT2D eigenvalue weighted by Crippen LogP contribution is 2.29. The standard InChI is InChI=1S/C15H12Cl2N2O2S/c16-11-6-7-12(17)13(8-11)22-9-14(20)18-19-15(21)10-4-2-1-3-5-10/h1-8H,9H2,(H,18,20)(H,19,21). The van der Waals surface area contributed by atoms with Crippen LogP contribution in [0.15, 0.2) is 53.4 Å². The fraction of sp³-hybridized carbons (Fsp3) is 0.0667.